The molecular formula is C16H26N2O. The summed E-state index contributed by atoms with van der Waals surface area (Å²) in [5.74, 6) is 0. The second-order valence-corrected chi connectivity index (χ2v) is 6.16. The van der Waals surface area contributed by atoms with E-state index in [-0.39, 0.29) is 5.60 Å². The third-order valence-electron chi connectivity index (χ3n) is 3.95. The first-order valence-electron chi connectivity index (χ1n) is 7.14. The molecule has 0 aromatic heterocycles. The Labute approximate surface area is 116 Å². The Morgan fingerprint density at radius 3 is 2.68 bits per heavy atom. The minimum Gasteiger partial charge on any atom is -0.399 e. The summed E-state index contributed by atoms with van der Waals surface area (Å²) in [6.45, 7) is 6.38. The molecule has 0 saturated heterocycles. The van der Waals surface area contributed by atoms with Crippen LogP contribution in [0, 0.1) is 0 Å². The Kier molecular flexibility index (Phi) is 4.48. The summed E-state index contributed by atoms with van der Waals surface area (Å²) < 4.78 is 5.51. The molecule has 0 unspecified atom stereocenters. The highest BCUT2D eigenvalue weighted by molar-refractivity contribution is 5.40. The van der Waals surface area contributed by atoms with Crippen LogP contribution in [0.15, 0.2) is 24.3 Å². The van der Waals surface area contributed by atoms with E-state index in [2.05, 4.69) is 30.9 Å². The molecule has 1 aliphatic carbocycles. The standard InChI is InChI=1S/C16H26N2O/c1-16(2,19-3)9-10-18(15-7-8-15)12-13-5-4-6-14(17)11-13/h4-6,11,15H,7-10,12,17H2,1-3H3. The number of rotatable bonds is 7. The fourth-order valence-corrected chi connectivity index (χ4v) is 2.27. The number of hydrogen-bond acceptors (Lipinski definition) is 3. The Morgan fingerprint density at radius 2 is 2.11 bits per heavy atom. The van der Waals surface area contributed by atoms with Gasteiger partial charge in [0.15, 0.2) is 0 Å². The molecule has 1 fully saturated rings. The van der Waals surface area contributed by atoms with E-state index in [1.165, 1.54) is 18.4 Å². The van der Waals surface area contributed by atoms with Gasteiger partial charge in [-0.1, -0.05) is 12.1 Å². The van der Waals surface area contributed by atoms with Crippen LogP contribution in [0.3, 0.4) is 0 Å². The average Bonchev–Trinajstić information content (AvgIpc) is 3.19. The van der Waals surface area contributed by atoms with E-state index in [9.17, 15) is 0 Å². The van der Waals surface area contributed by atoms with E-state index in [1.807, 2.05) is 12.1 Å². The molecule has 0 atom stereocenters. The van der Waals surface area contributed by atoms with Crippen molar-refractivity contribution in [3.8, 4) is 0 Å². The van der Waals surface area contributed by atoms with Gasteiger partial charge in [-0.3, -0.25) is 4.90 Å². The molecule has 0 amide bonds. The Balaban J connectivity index is 1.93. The van der Waals surface area contributed by atoms with Crippen LogP contribution in [-0.2, 0) is 11.3 Å². The van der Waals surface area contributed by atoms with Gasteiger partial charge in [0.2, 0.25) is 0 Å². The van der Waals surface area contributed by atoms with Crippen LogP contribution in [0.2, 0.25) is 0 Å². The number of nitrogens with two attached hydrogens (primary N) is 1. The number of nitrogen functional groups attached to an aromatic ring is 1. The molecule has 1 aromatic rings. The monoisotopic (exact) mass is 262 g/mol. The second-order valence-electron chi connectivity index (χ2n) is 6.16. The molecule has 1 aliphatic rings. The summed E-state index contributed by atoms with van der Waals surface area (Å²) in [5, 5.41) is 0. The Hall–Kier alpha value is -1.06. The van der Waals surface area contributed by atoms with Crippen LogP contribution in [0.25, 0.3) is 0 Å². The Morgan fingerprint density at radius 1 is 1.37 bits per heavy atom. The van der Waals surface area contributed by atoms with Crippen molar-refractivity contribution < 1.29 is 4.74 Å². The lowest BCUT2D eigenvalue weighted by molar-refractivity contribution is 0.00610. The van der Waals surface area contributed by atoms with Crippen molar-refractivity contribution in [3.05, 3.63) is 29.8 Å². The van der Waals surface area contributed by atoms with E-state index in [0.29, 0.717) is 0 Å². The van der Waals surface area contributed by atoms with Gasteiger partial charge >= 0.3 is 0 Å². The molecule has 3 nitrogen and oxygen atoms in total. The predicted molar refractivity (Wildman–Crippen MR) is 80.0 cm³/mol. The maximum Gasteiger partial charge on any atom is 0.0634 e. The maximum absolute atomic E-state index is 5.85. The van der Waals surface area contributed by atoms with Crippen LogP contribution >= 0.6 is 0 Å². The molecule has 1 saturated carbocycles. The molecule has 0 spiro atoms. The zero-order chi connectivity index (χ0) is 13.9. The van der Waals surface area contributed by atoms with Crippen molar-refractivity contribution in [2.45, 2.75) is 51.3 Å². The maximum atomic E-state index is 5.85. The zero-order valence-corrected chi connectivity index (χ0v) is 12.4. The van der Waals surface area contributed by atoms with Crippen molar-refractivity contribution in [2.24, 2.45) is 0 Å². The summed E-state index contributed by atoms with van der Waals surface area (Å²) >= 11 is 0. The van der Waals surface area contributed by atoms with Gasteiger partial charge in [-0.05, 0) is 50.8 Å². The van der Waals surface area contributed by atoms with Crippen molar-refractivity contribution >= 4 is 5.69 Å². The van der Waals surface area contributed by atoms with Crippen LogP contribution in [0.1, 0.15) is 38.7 Å². The molecule has 0 aliphatic heterocycles. The molecule has 1 aromatic carbocycles. The first-order valence-corrected chi connectivity index (χ1v) is 7.14. The molecular weight excluding hydrogens is 236 g/mol. The highest BCUT2D eigenvalue weighted by Gasteiger charge is 2.30. The van der Waals surface area contributed by atoms with Crippen LogP contribution in [0.4, 0.5) is 5.69 Å². The van der Waals surface area contributed by atoms with Gasteiger partial charge in [0.1, 0.15) is 0 Å². The van der Waals surface area contributed by atoms with Gasteiger partial charge in [-0.2, -0.15) is 0 Å². The van der Waals surface area contributed by atoms with E-state index < -0.39 is 0 Å². The van der Waals surface area contributed by atoms with Gasteiger partial charge < -0.3 is 10.5 Å². The normalized spacial score (nSPS) is 16.0. The van der Waals surface area contributed by atoms with Gasteiger partial charge in [0, 0.05) is 31.9 Å². The third kappa shape index (κ3) is 4.51. The number of anilines is 1. The second kappa shape index (κ2) is 5.93. The number of hydrogen-bond donors (Lipinski definition) is 1. The molecule has 2 N–H and O–H groups in total. The van der Waals surface area contributed by atoms with Crippen LogP contribution < -0.4 is 5.73 Å². The minimum atomic E-state index is -0.0388. The van der Waals surface area contributed by atoms with E-state index in [1.54, 1.807) is 7.11 Å². The van der Waals surface area contributed by atoms with Gasteiger partial charge in [-0.15, -0.1) is 0 Å². The number of nitrogens with zero attached hydrogens (tertiary/aromatic N) is 1. The molecule has 19 heavy (non-hydrogen) atoms. The van der Waals surface area contributed by atoms with Crippen molar-refractivity contribution in [1.82, 2.24) is 4.90 Å². The fourth-order valence-electron chi connectivity index (χ4n) is 2.27. The molecule has 0 heterocycles. The summed E-state index contributed by atoms with van der Waals surface area (Å²) in [6.07, 6.45) is 3.72. The lowest BCUT2D eigenvalue weighted by atomic mass is 10.0. The molecule has 0 radical (unpaired) electrons. The first kappa shape index (κ1) is 14.4. The van der Waals surface area contributed by atoms with Crippen molar-refractivity contribution in [2.75, 3.05) is 19.4 Å². The highest BCUT2D eigenvalue weighted by Crippen LogP contribution is 2.29. The van der Waals surface area contributed by atoms with Crippen LogP contribution in [0.5, 0.6) is 0 Å². The summed E-state index contributed by atoms with van der Waals surface area (Å²) in [6, 6.07) is 8.98. The zero-order valence-electron chi connectivity index (χ0n) is 12.4. The largest absolute Gasteiger partial charge is 0.399 e. The van der Waals surface area contributed by atoms with Gasteiger partial charge in [0.25, 0.3) is 0 Å². The predicted octanol–water partition coefficient (Wildman–Crippen LogP) is 3.05. The quantitative estimate of drug-likeness (QED) is 0.768. The highest BCUT2D eigenvalue weighted by atomic mass is 16.5. The van der Waals surface area contributed by atoms with Gasteiger partial charge in [0.05, 0.1) is 5.60 Å². The lowest BCUT2D eigenvalue weighted by Gasteiger charge is -2.28. The van der Waals surface area contributed by atoms with Crippen molar-refractivity contribution in [1.29, 1.82) is 0 Å². The number of ether oxygens (including phenoxy) is 1. The average molecular weight is 262 g/mol. The van der Waals surface area contributed by atoms with Crippen LogP contribution in [-0.4, -0.2) is 30.2 Å². The number of benzene rings is 1. The SMILES string of the molecule is COC(C)(C)CCN(Cc1cccc(N)c1)C1CC1. The van der Waals surface area contributed by atoms with E-state index in [0.717, 1.165) is 31.2 Å². The lowest BCUT2D eigenvalue weighted by Crippen LogP contribution is -2.33. The Bertz CT molecular complexity index is 413. The molecule has 0 bridgehead atoms. The first-order chi connectivity index (χ1) is 9.00. The summed E-state index contributed by atoms with van der Waals surface area (Å²) in [7, 11) is 1.79. The van der Waals surface area contributed by atoms with Gasteiger partial charge in [-0.25, -0.2) is 0 Å². The summed E-state index contributed by atoms with van der Waals surface area (Å²) in [5.41, 5.74) is 7.97. The van der Waals surface area contributed by atoms with Crippen molar-refractivity contribution in [3.63, 3.8) is 0 Å². The number of methoxy groups -OCH3 is 1. The molecule has 3 heteroatoms. The smallest absolute Gasteiger partial charge is 0.0634 e. The minimum absolute atomic E-state index is 0.0388. The topological polar surface area (TPSA) is 38.5 Å². The van der Waals surface area contributed by atoms with E-state index in [4.69, 9.17) is 10.5 Å². The molecule has 2 rings (SSSR count). The molecule has 106 valence electrons. The fraction of sp³-hybridized carbons (Fsp3) is 0.625. The third-order valence-corrected chi connectivity index (χ3v) is 3.95. The van der Waals surface area contributed by atoms with E-state index >= 15 is 0 Å². The summed E-state index contributed by atoms with van der Waals surface area (Å²) in [4.78, 5) is 2.57.